The molecule has 2 heterocycles. The molecule has 0 atom stereocenters. The van der Waals surface area contributed by atoms with Gasteiger partial charge in [-0.25, -0.2) is 13.8 Å². The van der Waals surface area contributed by atoms with Gasteiger partial charge in [-0.15, -0.1) is 0 Å². The molecule has 0 aromatic carbocycles. The lowest BCUT2D eigenvalue weighted by Gasteiger charge is -2.35. The summed E-state index contributed by atoms with van der Waals surface area (Å²) < 4.78 is 64.0. The van der Waals surface area contributed by atoms with Crippen molar-refractivity contribution in [3.05, 3.63) is 17.7 Å². The number of hydrogen-bond donors (Lipinski definition) is 1. The van der Waals surface area contributed by atoms with Gasteiger partial charge in [-0.05, 0) is 0 Å². The minimum atomic E-state index is -4.25. The lowest BCUT2D eigenvalue weighted by Crippen LogP contribution is -2.49. The molecule has 0 amide bonds. The number of nitrogens with zero attached hydrogens (tertiary/aromatic N) is 3. The van der Waals surface area contributed by atoms with E-state index in [1.165, 1.54) is 16.8 Å². The van der Waals surface area contributed by atoms with Gasteiger partial charge in [-0.3, -0.25) is 4.90 Å². The molecule has 4 nitrogen and oxygen atoms in total. The van der Waals surface area contributed by atoms with Gasteiger partial charge in [0.25, 0.3) is 0 Å². The van der Waals surface area contributed by atoms with E-state index in [4.69, 9.17) is 0 Å². The highest BCUT2D eigenvalue weighted by Gasteiger charge is 2.32. The number of aromatic nitrogens is 1. The van der Waals surface area contributed by atoms with Crippen LogP contribution in [0.5, 0.6) is 0 Å². The summed E-state index contributed by atoms with van der Waals surface area (Å²) in [6, 6.07) is 0.719. The Labute approximate surface area is 118 Å². The first kappa shape index (κ1) is 15.7. The third-order valence-corrected chi connectivity index (χ3v) is 3.22. The fourth-order valence-corrected chi connectivity index (χ4v) is 2.23. The van der Waals surface area contributed by atoms with Gasteiger partial charge in [0.1, 0.15) is 0 Å². The molecule has 1 aliphatic heterocycles. The van der Waals surface area contributed by atoms with E-state index in [1.807, 2.05) is 0 Å². The van der Waals surface area contributed by atoms with E-state index in [1.54, 1.807) is 0 Å². The van der Waals surface area contributed by atoms with Crippen LogP contribution in [0.1, 0.15) is 0 Å². The van der Waals surface area contributed by atoms with Gasteiger partial charge in [-0.2, -0.15) is 13.2 Å². The Kier molecular flexibility index (Phi) is 4.50. The van der Waals surface area contributed by atoms with Gasteiger partial charge in [-0.1, -0.05) is 0 Å². The van der Waals surface area contributed by atoms with Crippen LogP contribution in [0.25, 0.3) is 0 Å². The summed E-state index contributed by atoms with van der Waals surface area (Å²) in [6.45, 7) is -0.286. The van der Waals surface area contributed by atoms with Crippen LogP contribution in [-0.4, -0.2) is 55.8 Å². The third-order valence-electron chi connectivity index (χ3n) is 3.22. The maximum atomic E-state index is 13.8. The van der Waals surface area contributed by atoms with Gasteiger partial charge >= 0.3 is 6.18 Å². The molecule has 0 unspecified atom stereocenters. The summed E-state index contributed by atoms with van der Waals surface area (Å²) in [6.07, 6.45) is -4.25. The number of hydrogen-bond acceptors (Lipinski definition) is 4. The first-order valence-electron chi connectivity index (χ1n) is 6.38. The summed E-state index contributed by atoms with van der Waals surface area (Å²) in [4.78, 5) is 6.60. The second-order valence-electron chi connectivity index (χ2n) is 4.75. The Bertz CT molecular complexity index is 497. The number of nitrogens with one attached hydrogen (secondary N) is 1. The highest BCUT2D eigenvalue weighted by molar-refractivity contribution is 5.49. The van der Waals surface area contributed by atoms with Crippen molar-refractivity contribution in [1.82, 2.24) is 9.88 Å². The number of halogens is 5. The number of alkyl halides is 3. The molecule has 1 aliphatic rings. The van der Waals surface area contributed by atoms with Gasteiger partial charge in [0.05, 0.1) is 6.54 Å². The molecule has 2 rings (SSSR count). The zero-order valence-corrected chi connectivity index (χ0v) is 11.3. The van der Waals surface area contributed by atoms with E-state index in [2.05, 4.69) is 10.3 Å². The Balaban J connectivity index is 2.05. The molecular formula is C12H15F5N4. The quantitative estimate of drug-likeness (QED) is 0.866. The van der Waals surface area contributed by atoms with Crippen molar-refractivity contribution >= 4 is 11.6 Å². The third kappa shape index (κ3) is 3.93. The van der Waals surface area contributed by atoms with Crippen molar-refractivity contribution in [1.29, 1.82) is 0 Å². The predicted octanol–water partition coefficient (Wildman–Crippen LogP) is 2.09. The van der Waals surface area contributed by atoms with Crippen LogP contribution in [0.2, 0.25) is 0 Å². The van der Waals surface area contributed by atoms with E-state index in [0.717, 1.165) is 6.07 Å². The lowest BCUT2D eigenvalue weighted by atomic mass is 10.3. The molecule has 0 saturated carbocycles. The predicted molar refractivity (Wildman–Crippen MR) is 68.4 cm³/mol. The standard InChI is InChI=1S/C12H15F5N4/c1-18-10-8(13)6-9(14)11(19-10)21-4-2-20(3-5-21)7-12(15,16)17/h6H,2-5,7H2,1H3,(H,18,19). The van der Waals surface area contributed by atoms with Gasteiger partial charge in [0, 0.05) is 39.3 Å². The fraction of sp³-hybridized carbons (Fsp3) is 0.583. The highest BCUT2D eigenvalue weighted by Crippen LogP contribution is 2.24. The Hall–Kier alpha value is -1.64. The van der Waals surface area contributed by atoms with Crippen molar-refractivity contribution < 1.29 is 22.0 Å². The van der Waals surface area contributed by atoms with E-state index >= 15 is 0 Å². The van der Waals surface area contributed by atoms with Crippen LogP contribution in [0, 0.1) is 11.6 Å². The normalized spacial score (nSPS) is 17.1. The molecule has 21 heavy (non-hydrogen) atoms. The molecule has 1 aromatic rings. The maximum Gasteiger partial charge on any atom is 0.401 e. The monoisotopic (exact) mass is 310 g/mol. The molecule has 1 saturated heterocycles. The van der Waals surface area contributed by atoms with Gasteiger partial charge in [0.2, 0.25) is 0 Å². The summed E-state index contributed by atoms with van der Waals surface area (Å²) in [7, 11) is 1.45. The summed E-state index contributed by atoms with van der Waals surface area (Å²) in [5.74, 6) is -1.78. The second kappa shape index (κ2) is 6.00. The molecule has 1 N–H and O–H groups in total. The molecule has 0 aliphatic carbocycles. The average Bonchev–Trinajstić information content (AvgIpc) is 2.38. The smallest absolute Gasteiger partial charge is 0.371 e. The van der Waals surface area contributed by atoms with Crippen molar-refractivity contribution in [2.75, 3.05) is 50.0 Å². The zero-order chi connectivity index (χ0) is 15.6. The van der Waals surface area contributed by atoms with Crippen LogP contribution >= 0.6 is 0 Å². The number of piperazine rings is 1. The van der Waals surface area contributed by atoms with Crippen LogP contribution in [0.3, 0.4) is 0 Å². The molecular weight excluding hydrogens is 295 g/mol. The van der Waals surface area contributed by atoms with Crippen LogP contribution in [0.15, 0.2) is 6.07 Å². The van der Waals surface area contributed by atoms with Crippen molar-refractivity contribution in [3.8, 4) is 0 Å². The van der Waals surface area contributed by atoms with E-state index in [-0.39, 0.29) is 37.8 Å². The van der Waals surface area contributed by atoms with Gasteiger partial charge < -0.3 is 10.2 Å². The lowest BCUT2D eigenvalue weighted by molar-refractivity contribution is -0.146. The largest absolute Gasteiger partial charge is 0.401 e. The molecule has 0 spiro atoms. The van der Waals surface area contributed by atoms with Crippen molar-refractivity contribution in [3.63, 3.8) is 0 Å². The Morgan fingerprint density at radius 2 is 1.76 bits per heavy atom. The highest BCUT2D eigenvalue weighted by atomic mass is 19.4. The Morgan fingerprint density at radius 1 is 1.14 bits per heavy atom. The zero-order valence-electron chi connectivity index (χ0n) is 11.3. The first-order valence-corrected chi connectivity index (χ1v) is 6.38. The number of rotatable bonds is 3. The fourth-order valence-electron chi connectivity index (χ4n) is 2.23. The summed E-state index contributed by atoms with van der Waals surface area (Å²) in [5.41, 5.74) is 0. The maximum absolute atomic E-state index is 13.8. The Morgan fingerprint density at radius 3 is 2.29 bits per heavy atom. The molecule has 0 radical (unpaired) electrons. The molecule has 9 heteroatoms. The summed E-state index contributed by atoms with van der Waals surface area (Å²) in [5, 5.41) is 2.50. The minimum Gasteiger partial charge on any atom is -0.371 e. The van der Waals surface area contributed by atoms with Crippen LogP contribution in [-0.2, 0) is 0 Å². The molecule has 1 aromatic heterocycles. The van der Waals surface area contributed by atoms with Crippen molar-refractivity contribution in [2.24, 2.45) is 0 Å². The molecule has 0 bridgehead atoms. The SMILES string of the molecule is CNc1nc(N2CCN(CC(F)(F)F)CC2)c(F)cc1F. The van der Waals surface area contributed by atoms with E-state index in [0.29, 0.717) is 0 Å². The molecule has 1 fully saturated rings. The average molecular weight is 310 g/mol. The summed E-state index contributed by atoms with van der Waals surface area (Å²) >= 11 is 0. The van der Waals surface area contributed by atoms with Crippen LogP contribution < -0.4 is 10.2 Å². The number of anilines is 2. The van der Waals surface area contributed by atoms with Crippen LogP contribution in [0.4, 0.5) is 33.6 Å². The second-order valence-corrected chi connectivity index (χ2v) is 4.75. The minimum absolute atomic E-state index is 0.0487. The topological polar surface area (TPSA) is 31.4 Å². The number of pyridine rings is 1. The van der Waals surface area contributed by atoms with Crippen molar-refractivity contribution in [2.45, 2.75) is 6.18 Å². The van der Waals surface area contributed by atoms with E-state index in [9.17, 15) is 22.0 Å². The molecule has 118 valence electrons. The van der Waals surface area contributed by atoms with E-state index < -0.39 is 24.4 Å². The first-order chi connectivity index (χ1) is 9.80. The van der Waals surface area contributed by atoms with Gasteiger partial charge in [0.15, 0.2) is 23.3 Å².